The smallest absolute Gasteiger partial charge is 0.356 e. The highest BCUT2D eigenvalue weighted by Crippen LogP contribution is 2.19. The Labute approximate surface area is 101 Å². The van der Waals surface area contributed by atoms with Crippen LogP contribution in [0, 0.1) is 6.92 Å². The van der Waals surface area contributed by atoms with Crippen molar-refractivity contribution in [3.63, 3.8) is 0 Å². The number of nitrogens with zero attached hydrogens (tertiary/aromatic N) is 2. The van der Waals surface area contributed by atoms with Crippen molar-refractivity contribution in [1.29, 1.82) is 0 Å². The second-order valence-electron chi connectivity index (χ2n) is 3.40. The molecule has 82 valence electrons. The summed E-state index contributed by atoms with van der Waals surface area (Å²) in [5.74, 6) is -1.02. The summed E-state index contributed by atoms with van der Waals surface area (Å²) in [6, 6.07) is 5.82. The lowest BCUT2D eigenvalue weighted by atomic mass is 10.2. The van der Waals surface area contributed by atoms with E-state index in [2.05, 4.69) is 20.9 Å². The normalized spacial score (nSPS) is 10.4. The van der Waals surface area contributed by atoms with Crippen LogP contribution >= 0.6 is 15.9 Å². The number of benzene rings is 1. The molecule has 1 heterocycles. The van der Waals surface area contributed by atoms with E-state index >= 15 is 0 Å². The van der Waals surface area contributed by atoms with Gasteiger partial charge in [0.15, 0.2) is 5.69 Å². The maximum absolute atomic E-state index is 10.7. The van der Waals surface area contributed by atoms with Gasteiger partial charge in [-0.05, 0) is 24.6 Å². The molecule has 1 aromatic carbocycles. The average Bonchev–Trinajstić information content (AvgIpc) is 2.70. The zero-order chi connectivity index (χ0) is 11.7. The summed E-state index contributed by atoms with van der Waals surface area (Å²) in [5, 5.41) is 8.78. The van der Waals surface area contributed by atoms with E-state index in [1.165, 1.54) is 12.5 Å². The Morgan fingerprint density at radius 1 is 1.50 bits per heavy atom. The molecule has 16 heavy (non-hydrogen) atoms. The first-order valence-corrected chi connectivity index (χ1v) is 5.41. The zero-order valence-corrected chi connectivity index (χ0v) is 10.1. The molecule has 2 rings (SSSR count). The van der Waals surface area contributed by atoms with Crippen molar-refractivity contribution in [3.05, 3.63) is 46.5 Å². The highest BCUT2D eigenvalue weighted by molar-refractivity contribution is 9.10. The molecule has 0 amide bonds. The van der Waals surface area contributed by atoms with Crippen molar-refractivity contribution >= 4 is 21.9 Å². The van der Waals surface area contributed by atoms with Gasteiger partial charge >= 0.3 is 5.97 Å². The number of rotatable bonds is 2. The molecule has 1 N–H and O–H groups in total. The van der Waals surface area contributed by atoms with Gasteiger partial charge in [-0.3, -0.25) is 0 Å². The Balaban J connectivity index is 2.50. The highest BCUT2D eigenvalue weighted by Gasteiger charge is 2.08. The van der Waals surface area contributed by atoms with Crippen LogP contribution in [0.1, 0.15) is 16.1 Å². The molecule has 5 heteroatoms. The van der Waals surface area contributed by atoms with E-state index in [0.29, 0.717) is 0 Å². The van der Waals surface area contributed by atoms with Crippen molar-refractivity contribution in [2.45, 2.75) is 6.92 Å². The van der Waals surface area contributed by atoms with Crippen LogP contribution in [0.15, 0.2) is 35.2 Å². The van der Waals surface area contributed by atoms with Crippen LogP contribution in [0.25, 0.3) is 5.69 Å². The van der Waals surface area contributed by atoms with Crippen molar-refractivity contribution in [2.24, 2.45) is 0 Å². The minimum Gasteiger partial charge on any atom is -0.476 e. The molecule has 0 spiro atoms. The summed E-state index contributed by atoms with van der Waals surface area (Å²) >= 11 is 3.38. The average molecular weight is 281 g/mol. The summed E-state index contributed by atoms with van der Waals surface area (Å²) in [5.41, 5.74) is 2.01. The SMILES string of the molecule is Cc1ccc(Br)cc1-n1cnc(C(=O)O)c1. The number of carboxylic acid groups (broad SMARTS) is 1. The number of aromatic nitrogens is 2. The fraction of sp³-hybridized carbons (Fsp3) is 0.0909. The van der Waals surface area contributed by atoms with Gasteiger partial charge < -0.3 is 9.67 Å². The number of carbonyl (C=O) groups is 1. The van der Waals surface area contributed by atoms with Crippen LogP contribution in [-0.4, -0.2) is 20.6 Å². The lowest BCUT2D eigenvalue weighted by Gasteiger charge is -2.06. The van der Waals surface area contributed by atoms with E-state index in [9.17, 15) is 4.79 Å². The van der Waals surface area contributed by atoms with E-state index in [1.807, 2.05) is 25.1 Å². The third kappa shape index (κ3) is 1.99. The monoisotopic (exact) mass is 280 g/mol. The van der Waals surface area contributed by atoms with E-state index in [4.69, 9.17) is 5.11 Å². The first kappa shape index (κ1) is 10.9. The number of aromatic carboxylic acids is 1. The maximum atomic E-state index is 10.7. The molecular weight excluding hydrogens is 272 g/mol. The summed E-state index contributed by atoms with van der Waals surface area (Å²) < 4.78 is 2.64. The third-order valence-corrected chi connectivity index (χ3v) is 2.74. The number of hydrogen-bond acceptors (Lipinski definition) is 2. The standard InChI is InChI=1S/C11H9BrN2O2/c1-7-2-3-8(12)4-10(7)14-5-9(11(15)16)13-6-14/h2-6H,1H3,(H,15,16). The van der Waals surface area contributed by atoms with Crippen molar-refractivity contribution in [1.82, 2.24) is 9.55 Å². The van der Waals surface area contributed by atoms with E-state index < -0.39 is 5.97 Å². The third-order valence-electron chi connectivity index (χ3n) is 2.25. The van der Waals surface area contributed by atoms with Gasteiger partial charge in [0.05, 0.1) is 5.69 Å². The molecule has 0 atom stereocenters. The molecule has 0 bridgehead atoms. The minimum atomic E-state index is -1.02. The highest BCUT2D eigenvalue weighted by atomic mass is 79.9. The van der Waals surface area contributed by atoms with E-state index in [1.54, 1.807) is 4.57 Å². The van der Waals surface area contributed by atoms with Crippen LogP contribution in [0.3, 0.4) is 0 Å². The van der Waals surface area contributed by atoms with E-state index in [0.717, 1.165) is 15.7 Å². The van der Waals surface area contributed by atoms with Crippen LogP contribution < -0.4 is 0 Å². The fourth-order valence-corrected chi connectivity index (χ4v) is 1.77. The van der Waals surface area contributed by atoms with Crippen LogP contribution in [0.2, 0.25) is 0 Å². The lowest BCUT2D eigenvalue weighted by molar-refractivity contribution is 0.0691. The van der Waals surface area contributed by atoms with Gasteiger partial charge in [-0.2, -0.15) is 0 Å². The molecule has 0 saturated heterocycles. The molecule has 2 aromatic rings. The number of aryl methyl sites for hydroxylation is 1. The first-order chi connectivity index (χ1) is 7.58. The molecule has 0 saturated carbocycles. The number of halogens is 1. The molecule has 0 unspecified atom stereocenters. The second kappa shape index (κ2) is 4.09. The van der Waals surface area contributed by atoms with Crippen molar-refractivity contribution in [2.75, 3.05) is 0 Å². The number of hydrogen-bond donors (Lipinski definition) is 1. The molecule has 4 nitrogen and oxygen atoms in total. The first-order valence-electron chi connectivity index (χ1n) is 4.62. The van der Waals surface area contributed by atoms with Crippen LogP contribution in [0.4, 0.5) is 0 Å². The molecule has 0 aliphatic heterocycles. The Morgan fingerprint density at radius 3 is 2.88 bits per heavy atom. The Hall–Kier alpha value is -1.62. The topological polar surface area (TPSA) is 55.1 Å². The maximum Gasteiger partial charge on any atom is 0.356 e. The second-order valence-corrected chi connectivity index (χ2v) is 4.32. The Kier molecular flexibility index (Phi) is 2.78. The molecule has 0 aliphatic rings. The van der Waals surface area contributed by atoms with Crippen molar-refractivity contribution < 1.29 is 9.90 Å². The molecule has 1 aromatic heterocycles. The van der Waals surface area contributed by atoms with Crippen molar-refractivity contribution in [3.8, 4) is 5.69 Å². The number of carboxylic acids is 1. The minimum absolute atomic E-state index is 0.0411. The Morgan fingerprint density at radius 2 is 2.25 bits per heavy atom. The summed E-state index contributed by atoms with van der Waals surface area (Å²) in [7, 11) is 0. The largest absolute Gasteiger partial charge is 0.476 e. The Bertz CT molecular complexity index is 549. The predicted octanol–water partition coefficient (Wildman–Crippen LogP) is 2.64. The summed E-state index contributed by atoms with van der Waals surface area (Å²) in [4.78, 5) is 14.5. The van der Waals surface area contributed by atoms with Crippen LogP contribution in [-0.2, 0) is 0 Å². The molecule has 0 fully saturated rings. The van der Waals surface area contributed by atoms with Gasteiger partial charge in [0.1, 0.15) is 6.33 Å². The fourth-order valence-electron chi connectivity index (χ4n) is 1.43. The zero-order valence-electron chi connectivity index (χ0n) is 8.51. The summed E-state index contributed by atoms with van der Waals surface area (Å²) in [6.07, 6.45) is 3.00. The van der Waals surface area contributed by atoms with Gasteiger partial charge in [-0.25, -0.2) is 9.78 Å². The van der Waals surface area contributed by atoms with Gasteiger partial charge in [0.2, 0.25) is 0 Å². The van der Waals surface area contributed by atoms with E-state index in [-0.39, 0.29) is 5.69 Å². The molecule has 0 radical (unpaired) electrons. The summed E-state index contributed by atoms with van der Waals surface area (Å²) in [6.45, 7) is 1.96. The lowest BCUT2D eigenvalue weighted by Crippen LogP contribution is -1.96. The van der Waals surface area contributed by atoms with Gasteiger partial charge in [0.25, 0.3) is 0 Å². The number of imidazole rings is 1. The van der Waals surface area contributed by atoms with Gasteiger partial charge in [-0.15, -0.1) is 0 Å². The van der Waals surface area contributed by atoms with Gasteiger partial charge in [-0.1, -0.05) is 22.0 Å². The predicted molar refractivity (Wildman–Crippen MR) is 63.0 cm³/mol. The molecule has 0 aliphatic carbocycles. The van der Waals surface area contributed by atoms with Gasteiger partial charge in [0, 0.05) is 10.7 Å². The van der Waals surface area contributed by atoms with Crippen LogP contribution in [0.5, 0.6) is 0 Å². The molecular formula is C11H9BrN2O2. The quantitative estimate of drug-likeness (QED) is 0.920.